The van der Waals surface area contributed by atoms with E-state index in [0.717, 1.165) is 31.3 Å². The molecule has 49 heavy (non-hydrogen) atoms. The first-order valence-corrected chi connectivity index (χ1v) is 17.3. The van der Waals surface area contributed by atoms with Crippen LogP contribution in [-0.4, -0.2) is 72.0 Å². The number of esters is 2. The van der Waals surface area contributed by atoms with Crippen LogP contribution in [0.25, 0.3) is 20.2 Å². The number of rotatable bonds is 18. The molecule has 0 N–H and O–H groups in total. The molecule has 0 fully saturated rings. The lowest BCUT2D eigenvalue weighted by molar-refractivity contribution is -0.145. The van der Waals surface area contributed by atoms with Crippen molar-refractivity contribution in [1.29, 1.82) is 0 Å². The fourth-order valence-electron chi connectivity index (χ4n) is 5.34. The Morgan fingerprint density at radius 1 is 0.653 bits per heavy atom. The molecular weight excluding hydrogens is 673 g/mol. The highest BCUT2D eigenvalue weighted by atomic mass is 32.1. The summed E-state index contributed by atoms with van der Waals surface area (Å²) in [7, 11) is 5.71. The van der Waals surface area contributed by atoms with Crippen molar-refractivity contribution in [2.24, 2.45) is 11.8 Å². The zero-order valence-electron chi connectivity index (χ0n) is 29.0. The lowest BCUT2D eigenvalue weighted by atomic mass is 10.0. The molecule has 0 radical (unpaired) electrons. The quantitative estimate of drug-likeness (QED) is 0.0444. The summed E-state index contributed by atoms with van der Waals surface area (Å²) >= 11 is 2.68. The first-order valence-electron chi connectivity index (χ1n) is 15.7. The Morgan fingerprint density at radius 2 is 1.10 bits per heavy atom. The van der Waals surface area contributed by atoms with Gasteiger partial charge in [-0.2, -0.15) is 0 Å². The number of hydrogen-bond acceptors (Lipinski definition) is 13. The number of aryl methyl sites for hydroxylation is 2. The number of benzene rings is 2. The van der Waals surface area contributed by atoms with Gasteiger partial charge >= 0.3 is 11.9 Å². The van der Waals surface area contributed by atoms with E-state index in [-0.39, 0.29) is 31.2 Å². The molecule has 0 saturated carbocycles. The van der Waals surface area contributed by atoms with Crippen molar-refractivity contribution in [3.05, 3.63) is 45.1 Å². The summed E-state index contributed by atoms with van der Waals surface area (Å²) in [5, 5.41) is 1.74. The molecule has 0 aliphatic rings. The molecule has 0 bridgehead atoms. The normalized spacial score (nSPS) is 12.4. The summed E-state index contributed by atoms with van der Waals surface area (Å²) in [5.74, 6) is -0.0343. The van der Waals surface area contributed by atoms with Crippen LogP contribution in [0.4, 0.5) is 0 Å². The Morgan fingerprint density at radius 3 is 1.53 bits per heavy atom. The van der Waals surface area contributed by atoms with E-state index in [9.17, 15) is 19.2 Å². The summed E-state index contributed by atoms with van der Waals surface area (Å²) in [6.07, 6.45) is 0.638. The minimum atomic E-state index is -0.545. The molecule has 4 aromatic rings. The van der Waals surface area contributed by atoms with Crippen molar-refractivity contribution >= 4 is 66.4 Å². The standard InChI is InChI=1S/C36H42O11S2/c1-19(35(39)43-7)12-25(37)31-14-23-21(3)33(27(42-6)16-29(23)48-31)45-10-9-11-46-34-22(4)24-15-32(26(38)13-20(2)36(40)44-8)49-30(24)17-28(34)47-18-41-5/h14-17,19-20H,9-13,18H2,1-8H3. The minimum Gasteiger partial charge on any atom is -0.493 e. The highest BCUT2D eigenvalue weighted by molar-refractivity contribution is 7.21. The Kier molecular flexibility index (Phi) is 13.0. The van der Waals surface area contributed by atoms with Crippen molar-refractivity contribution in [2.75, 3.05) is 48.4 Å². The van der Waals surface area contributed by atoms with Gasteiger partial charge in [0.05, 0.1) is 56.1 Å². The van der Waals surface area contributed by atoms with Gasteiger partial charge in [-0.05, 0) is 26.0 Å². The van der Waals surface area contributed by atoms with Crippen LogP contribution in [0.15, 0.2) is 24.3 Å². The topological polar surface area (TPSA) is 133 Å². The van der Waals surface area contributed by atoms with Crippen molar-refractivity contribution in [2.45, 2.75) is 47.0 Å². The Hall–Kier alpha value is -4.20. The molecule has 0 aliphatic carbocycles. The highest BCUT2D eigenvalue weighted by Crippen LogP contribution is 2.43. The maximum absolute atomic E-state index is 13.0. The number of methoxy groups -OCH3 is 4. The zero-order valence-corrected chi connectivity index (χ0v) is 30.6. The van der Waals surface area contributed by atoms with Gasteiger partial charge in [-0.15, -0.1) is 22.7 Å². The smallest absolute Gasteiger partial charge is 0.308 e. The summed E-state index contributed by atoms with van der Waals surface area (Å²) in [5.41, 5.74) is 1.65. The van der Waals surface area contributed by atoms with E-state index >= 15 is 0 Å². The van der Waals surface area contributed by atoms with Gasteiger partial charge in [0.1, 0.15) is 0 Å². The molecule has 2 aromatic carbocycles. The fourth-order valence-corrected chi connectivity index (χ4v) is 7.54. The van der Waals surface area contributed by atoms with E-state index in [2.05, 4.69) is 0 Å². The van der Waals surface area contributed by atoms with E-state index in [0.29, 0.717) is 52.4 Å². The van der Waals surface area contributed by atoms with Gasteiger partial charge in [0.15, 0.2) is 41.4 Å². The molecule has 2 heterocycles. The van der Waals surface area contributed by atoms with Crippen molar-refractivity contribution in [3.8, 4) is 23.0 Å². The molecule has 2 unspecified atom stereocenters. The number of Topliss-reactive ketones (excluding diaryl/α,β-unsaturated/α-hetero) is 2. The van der Waals surface area contributed by atoms with Gasteiger partial charge in [-0.3, -0.25) is 19.2 Å². The third-order valence-corrected chi connectivity index (χ3v) is 10.3. The molecule has 0 spiro atoms. The van der Waals surface area contributed by atoms with Gasteiger partial charge in [0, 0.05) is 69.8 Å². The first kappa shape index (κ1) is 37.6. The maximum atomic E-state index is 13.0. The predicted molar refractivity (Wildman–Crippen MR) is 188 cm³/mol. The zero-order chi connectivity index (χ0) is 35.8. The number of hydrogen-bond donors (Lipinski definition) is 0. The van der Waals surface area contributed by atoms with E-state index in [1.807, 2.05) is 38.1 Å². The number of ketones is 2. The second-order valence-corrected chi connectivity index (χ2v) is 13.8. The Balaban J connectivity index is 1.46. The third-order valence-electron chi connectivity index (χ3n) is 8.06. The lowest BCUT2D eigenvalue weighted by Gasteiger charge is -2.17. The van der Waals surface area contributed by atoms with Crippen LogP contribution in [-0.2, 0) is 23.8 Å². The second kappa shape index (κ2) is 17.0. The summed E-state index contributed by atoms with van der Waals surface area (Å²) in [4.78, 5) is 50.6. The van der Waals surface area contributed by atoms with Crippen LogP contribution < -0.4 is 18.9 Å². The van der Waals surface area contributed by atoms with E-state index in [1.165, 1.54) is 44.0 Å². The third kappa shape index (κ3) is 8.70. The van der Waals surface area contributed by atoms with Gasteiger partial charge in [0.2, 0.25) is 0 Å². The van der Waals surface area contributed by atoms with E-state index in [4.69, 9.17) is 33.2 Å². The Bertz CT molecular complexity index is 1840. The van der Waals surface area contributed by atoms with Gasteiger partial charge in [-0.25, -0.2) is 0 Å². The molecular formula is C36H42O11S2. The summed E-state index contributed by atoms with van der Waals surface area (Å²) in [6.45, 7) is 7.81. The van der Waals surface area contributed by atoms with E-state index in [1.54, 1.807) is 21.0 Å². The number of carbonyl (C=O) groups is 4. The van der Waals surface area contributed by atoms with Crippen LogP contribution in [0.1, 0.15) is 63.6 Å². The van der Waals surface area contributed by atoms with Gasteiger partial charge in [-0.1, -0.05) is 13.8 Å². The molecule has 264 valence electrons. The lowest BCUT2D eigenvalue weighted by Crippen LogP contribution is -2.16. The van der Waals surface area contributed by atoms with E-state index < -0.39 is 23.8 Å². The highest BCUT2D eigenvalue weighted by Gasteiger charge is 2.24. The molecule has 11 nitrogen and oxygen atoms in total. The molecule has 0 saturated heterocycles. The van der Waals surface area contributed by atoms with Crippen molar-refractivity contribution in [1.82, 2.24) is 0 Å². The van der Waals surface area contributed by atoms with Crippen LogP contribution in [0.2, 0.25) is 0 Å². The van der Waals surface area contributed by atoms with Gasteiger partial charge < -0.3 is 33.2 Å². The average Bonchev–Trinajstić information content (AvgIpc) is 3.73. The molecule has 2 aromatic heterocycles. The minimum absolute atomic E-state index is 0.0139. The predicted octanol–water partition coefficient (Wildman–Crippen LogP) is 7.34. The van der Waals surface area contributed by atoms with Crippen LogP contribution in [0.3, 0.4) is 0 Å². The van der Waals surface area contributed by atoms with Crippen molar-refractivity contribution in [3.63, 3.8) is 0 Å². The number of ether oxygens (including phenoxy) is 7. The number of thiophene rings is 2. The summed E-state index contributed by atoms with van der Waals surface area (Å²) in [6, 6.07) is 7.35. The van der Waals surface area contributed by atoms with Crippen LogP contribution in [0, 0.1) is 25.7 Å². The van der Waals surface area contributed by atoms with Crippen LogP contribution in [0.5, 0.6) is 23.0 Å². The van der Waals surface area contributed by atoms with Crippen LogP contribution >= 0.6 is 22.7 Å². The molecule has 0 aliphatic heterocycles. The fraction of sp³-hybridized carbons (Fsp3) is 0.444. The molecule has 2 atom stereocenters. The largest absolute Gasteiger partial charge is 0.493 e. The molecule has 0 amide bonds. The SMILES string of the molecule is COCOc1cc2sc(C(=O)CC(C)C(=O)OC)cc2c(C)c1OCCCOc1c(OC)cc2sc(C(=O)CC(C)C(=O)OC)cc2c1C. The molecule has 4 rings (SSSR count). The number of fused-ring (bicyclic) bond motifs is 2. The second-order valence-electron chi connectivity index (χ2n) is 11.6. The Labute approximate surface area is 293 Å². The van der Waals surface area contributed by atoms with Gasteiger partial charge in [0.25, 0.3) is 0 Å². The summed E-state index contributed by atoms with van der Waals surface area (Å²) < 4.78 is 40.3. The molecule has 13 heteroatoms. The number of carbonyl (C=O) groups excluding carboxylic acids is 4. The van der Waals surface area contributed by atoms with Crippen molar-refractivity contribution < 1.29 is 52.3 Å². The monoisotopic (exact) mass is 714 g/mol. The first-order chi connectivity index (χ1) is 23.4. The maximum Gasteiger partial charge on any atom is 0.308 e. The average molecular weight is 715 g/mol.